The third-order valence-corrected chi connectivity index (χ3v) is 2.06. The average molecular weight is 142 g/mol. The highest BCUT2D eigenvalue weighted by Crippen LogP contribution is 2.32. The van der Waals surface area contributed by atoms with E-state index in [0.717, 1.165) is 19.6 Å². The Hall–Kier alpha value is -0.340. The van der Waals surface area contributed by atoms with E-state index in [-0.39, 0.29) is 12.0 Å². The Balaban J connectivity index is 2.40. The largest absolute Gasteiger partial charge is 0.392 e. The summed E-state index contributed by atoms with van der Waals surface area (Å²) >= 11 is 0. The fourth-order valence-electron chi connectivity index (χ4n) is 1.09. The van der Waals surface area contributed by atoms with Crippen LogP contribution in [-0.4, -0.2) is 24.9 Å². The lowest BCUT2D eigenvalue weighted by atomic mass is 9.83. The van der Waals surface area contributed by atoms with Gasteiger partial charge in [-0.3, -0.25) is 0 Å². The number of hydrogen-bond donors (Lipinski definition) is 1. The van der Waals surface area contributed by atoms with Crippen LogP contribution in [0.3, 0.4) is 0 Å². The highest BCUT2D eigenvalue weighted by molar-refractivity contribution is 5.03. The lowest BCUT2D eigenvalue weighted by Crippen LogP contribution is -2.40. The second-order valence-corrected chi connectivity index (χ2v) is 2.79. The molecule has 2 nitrogen and oxygen atoms in total. The van der Waals surface area contributed by atoms with Gasteiger partial charge >= 0.3 is 0 Å². The molecule has 0 unspecified atom stereocenters. The molecular formula is C8H14O2. The second kappa shape index (κ2) is 3.17. The van der Waals surface area contributed by atoms with Crippen molar-refractivity contribution in [2.45, 2.75) is 13.3 Å². The van der Waals surface area contributed by atoms with E-state index in [1.807, 2.05) is 0 Å². The minimum Gasteiger partial charge on any atom is -0.392 e. The fourth-order valence-corrected chi connectivity index (χ4v) is 1.09. The smallest absolute Gasteiger partial charge is 0.0612 e. The van der Waals surface area contributed by atoms with Crippen LogP contribution < -0.4 is 0 Å². The van der Waals surface area contributed by atoms with Gasteiger partial charge in [0.05, 0.1) is 19.8 Å². The molecule has 2 heteroatoms. The van der Waals surface area contributed by atoms with Gasteiger partial charge in [-0.2, -0.15) is 0 Å². The first-order valence-electron chi connectivity index (χ1n) is 3.69. The van der Waals surface area contributed by atoms with E-state index in [1.165, 1.54) is 0 Å². The molecule has 1 aliphatic rings. The van der Waals surface area contributed by atoms with E-state index in [0.29, 0.717) is 0 Å². The van der Waals surface area contributed by atoms with Crippen LogP contribution in [0.2, 0.25) is 0 Å². The SMILES string of the molecule is CCC1(/C=C/CO)COC1. The van der Waals surface area contributed by atoms with E-state index in [9.17, 15) is 0 Å². The highest BCUT2D eigenvalue weighted by Gasteiger charge is 2.33. The van der Waals surface area contributed by atoms with Gasteiger partial charge in [-0.15, -0.1) is 0 Å². The van der Waals surface area contributed by atoms with Gasteiger partial charge in [-0.1, -0.05) is 19.1 Å². The molecular weight excluding hydrogens is 128 g/mol. The van der Waals surface area contributed by atoms with Crippen LogP contribution in [0.4, 0.5) is 0 Å². The number of rotatable bonds is 3. The van der Waals surface area contributed by atoms with Crippen LogP contribution in [0.15, 0.2) is 12.2 Å². The number of aliphatic hydroxyl groups is 1. The molecule has 1 N–H and O–H groups in total. The van der Waals surface area contributed by atoms with Crippen molar-refractivity contribution in [1.82, 2.24) is 0 Å². The normalized spacial score (nSPS) is 23.0. The van der Waals surface area contributed by atoms with Gasteiger partial charge in [0, 0.05) is 5.41 Å². The van der Waals surface area contributed by atoms with Gasteiger partial charge in [-0.25, -0.2) is 0 Å². The third kappa shape index (κ3) is 1.39. The van der Waals surface area contributed by atoms with Crippen LogP contribution in [0.25, 0.3) is 0 Å². The molecule has 0 radical (unpaired) electrons. The van der Waals surface area contributed by atoms with Crippen molar-refractivity contribution < 1.29 is 9.84 Å². The van der Waals surface area contributed by atoms with Gasteiger partial charge in [0.15, 0.2) is 0 Å². The summed E-state index contributed by atoms with van der Waals surface area (Å²) < 4.78 is 5.09. The predicted octanol–water partition coefficient (Wildman–Crippen LogP) is 0.962. The Morgan fingerprint density at radius 3 is 2.60 bits per heavy atom. The van der Waals surface area contributed by atoms with Gasteiger partial charge in [-0.05, 0) is 6.42 Å². The average Bonchev–Trinajstić information content (AvgIpc) is 1.87. The van der Waals surface area contributed by atoms with E-state index in [2.05, 4.69) is 13.0 Å². The lowest BCUT2D eigenvalue weighted by Gasteiger charge is -2.38. The molecule has 0 aromatic rings. The summed E-state index contributed by atoms with van der Waals surface area (Å²) in [5, 5.41) is 8.52. The Bertz CT molecular complexity index is 120. The van der Waals surface area contributed by atoms with Crippen molar-refractivity contribution in [1.29, 1.82) is 0 Å². The first kappa shape index (κ1) is 7.76. The Morgan fingerprint density at radius 1 is 1.60 bits per heavy atom. The molecule has 0 aliphatic carbocycles. The summed E-state index contributed by atoms with van der Waals surface area (Å²) in [6.45, 7) is 3.92. The zero-order valence-electron chi connectivity index (χ0n) is 6.34. The number of ether oxygens (including phenoxy) is 1. The molecule has 1 fully saturated rings. The van der Waals surface area contributed by atoms with Gasteiger partial charge in [0.1, 0.15) is 0 Å². The van der Waals surface area contributed by atoms with Gasteiger partial charge in [0.2, 0.25) is 0 Å². The molecule has 1 aliphatic heterocycles. The summed E-state index contributed by atoms with van der Waals surface area (Å²) in [5.74, 6) is 0. The van der Waals surface area contributed by atoms with Crippen molar-refractivity contribution in [3.8, 4) is 0 Å². The molecule has 0 aromatic carbocycles. The maximum atomic E-state index is 8.52. The van der Waals surface area contributed by atoms with Crippen molar-refractivity contribution in [3.05, 3.63) is 12.2 Å². The topological polar surface area (TPSA) is 29.5 Å². The zero-order chi connectivity index (χ0) is 7.45. The molecule has 0 amide bonds. The predicted molar refractivity (Wildman–Crippen MR) is 39.8 cm³/mol. The molecule has 1 saturated heterocycles. The second-order valence-electron chi connectivity index (χ2n) is 2.79. The van der Waals surface area contributed by atoms with Crippen molar-refractivity contribution in [3.63, 3.8) is 0 Å². The molecule has 58 valence electrons. The highest BCUT2D eigenvalue weighted by atomic mass is 16.5. The monoisotopic (exact) mass is 142 g/mol. The first-order chi connectivity index (χ1) is 4.83. The van der Waals surface area contributed by atoms with E-state index in [4.69, 9.17) is 9.84 Å². The maximum absolute atomic E-state index is 8.52. The molecule has 0 spiro atoms. The van der Waals surface area contributed by atoms with Crippen molar-refractivity contribution in [2.24, 2.45) is 5.41 Å². The van der Waals surface area contributed by atoms with Crippen molar-refractivity contribution >= 4 is 0 Å². The van der Waals surface area contributed by atoms with Crippen molar-refractivity contribution in [2.75, 3.05) is 19.8 Å². The molecule has 1 heterocycles. The molecule has 1 rings (SSSR count). The molecule has 0 atom stereocenters. The quantitative estimate of drug-likeness (QED) is 0.595. The standard InChI is InChI=1S/C8H14O2/c1-2-8(4-3-5-9)6-10-7-8/h3-4,9H,2,5-7H2,1H3/b4-3+. The Labute approximate surface area is 61.5 Å². The van der Waals surface area contributed by atoms with E-state index < -0.39 is 0 Å². The molecule has 10 heavy (non-hydrogen) atoms. The Kier molecular flexibility index (Phi) is 2.46. The summed E-state index contributed by atoms with van der Waals surface area (Å²) in [6.07, 6.45) is 4.96. The zero-order valence-corrected chi connectivity index (χ0v) is 6.34. The number of aliphatic hydroxyl groups excluding tert-OH is 1. The summed E-state index contributed by atoms with van der Waals surface area (Å²) in [7, 11) is 0. The minimum absolute atomic E-state index is 0.141. The summed E-state index contributed by atoms with van der Waals surface area (Å²) in [6, 6.07) is 0. The minimum atomic E-state index is 0.141. The fraction of sp³-hybridized carbons (Fsp3) is 0.750. The molecule has 0 bridgehead atoms. The molecule has 0 aromatic heterocycles. The Morgan fingerprint density at radius 2 is 2.30 bits per heavy atom. The van der Waals surface area contributed by atoms with Gasteiger partial charge in [0.25, 0.3) is 0 Å². The van der Waals surface area contributed by atoms with E-state index in [1.54, 1.807) is 6.08 Å². The van der Waals surface area contributed by atoms with Crippen LogP contribution >= 0.6 is 0 Å². The van der Waals surface area contributed by atoms with Crippen LogP contribution in [0.5, 0.6) is 0 Å². The van der Waals surface area contributed by atoms with Crippen LogP contribution in [0.1, 0.15) is 13.3 Å². The van der Waals surface area contributed by atoms with Crippen LogP contribution in [0, 0.1) is 5.41 Å². The first-order valence-corrected chi connectivity index (χ1v) is 3.69. The third-order valence-electron chi connectivity index (χ3n) is 2.06. The maximum Gasteiger partial charge on any atom is 0.0612 e. The van der Waals surface area contributed by atoms with Gasteiger partial charge < -0.3 is 9.84 Å². The summed E-state index contributed by atoms with van der Waals surface area (Å²) in [4.78, 5) is 0. The number of hydrogen-bond acceptors (Lipinski definition) is 2. The lowest BCUT2D eigenvalue weighted by molar-refractivity contribution is -0.0839. The van der Waals surface area contributed by atoms with E-state index >= 15 is 0 Å². The molecule has 0 saturated carbocycles. The summed E-state index contributed by atoms with van der Waals surface area (Å²) in [5.41, 5.74) is 0.253. The van der Waals surface area contributed by atoms with Crippen LogP contribution in [-0.2, 0) is 4.74 Å².